The lowest BCUT2D eigenvalue weighted by atomic mass is 10.2. The van der Waals surface area contributed by atoms with Crippen LogP contribution in [-0.2, 0) is 55.5 Å². The first-order valence-corrected chi connectivity index (χ1v) is 21.0. The molecular formula is C36H41BrN8O8S2. The molecule has 0 aliphatic heterocycles. The van der Waals surface area contributed by atoms with E-state index in [4.69, 9.17) is 0 Å². The van der Waals surface area contributed by atoms with Crippen LogP contribution >= 0.6 is 15.9 Å². The number of benzene rings is 2. The molecule has 0 amide bonds. The molecule has 55 heavy (non-hydrogen) atoms. The summed E-state index contributed by atoms with van der Waals surface area (Å²) in [5.74, 6) is -0.829. The van der Waals surface area contributed by atoms with Crippen LogP contribution in [0.4, 0.5) is 11.4 Å². The van der Waals surface area contributed by atoms with Gasteiger partial charge in [-0.15, -0.1) is 0 Å². The molecule has 6 rings (SSSR count). The zero-order valence-corrected chi connectivity index (χ0v) is 34.2. The van der Waals surface area contributed by atoms with E-state index >= 15 is 0 Å². The standard InChI is InChI=1S/C18H20N4O4S.C10H13N3O2S.C8H8BrNO2/c1-4-27(24,25)22(12-15-7-5-14(10-19-15)18(23)26-3)16-8-6-13-11-20-21(2)17(13)9-16;1-3-16(14,15)12-9-5-4-8-7-11-13(2)10(8)6-9;1-12-8(11)6-2-3-7(4-9)10-5-6/h5-11H,4,12H2,1-3H3;4-7,12H,3H2,1-2H3;2-3,5H,4H2,1H3. The van der Waals surface area contributed by atoms with Crippen molar-refractivity contribution in [2.75, 3.05) is 34.8 Å². The third-order valence-electron chi connectivity index (χ3n) is 8.06. The van der Waals surface area contributed by atoms with Gasteiger partial charge in [-0.1, -0.05) is 15.9 Å². The van der Waals surface area contributed by atoms with Crippen molar-refractivity contribution in [1.82, 2.24) is 29.5 Å². The number of anilines is 2. The van der Waals surface area contributed by atoms with Gasteiger partial charge in [0, 0.05) is 42.6 Å². The highest BCUT2D eigenvalue weighted by atomic mass is 79.9. The van der Waals surface area contributed by atoms with Gasteiger partial charge in [0.15, 0.2) is 0 Å². The summed E-state index contributed by atoms with van der Waals surface area (Å²) in [6.07, 6.45) is 6.35. The number of hydrogen-bond donors (Lipinski definition) is 1. The molecule has 0 atom stereocenters. The van der Waals surface area contributed by atoms with Gasteiger partial charge < -0.3 is 9.47 Å². The van der Waals surface area contributed by atoms with Crippen LogP contribution in [0.2, 0.25) is 0 Å². The average molecular weight is 858 g/mol. The number of aromatic nitrogens is 6. The second kappa shape index (κ2) is 18.8. The Balaban J connectivity index is 0.000000203. The van der Waals surface area contributed by atoms with E-state index in [0.717, 1.165) is 27.5 Å². The van der Waals surface area contributed by atoms with E-state index < -0.39 is 26.0 Å². The second-order valence-corrected chi connectivity index (χ2v) is 16.4. The maximum Gasteiger partial charge on any atom is 0.339 e. The number of alkyl halides is 1. The summed E-state index contributed by atoms with van der Waals surface area (Å²) in [7, 11) is -0.489. The Hall–Kier alpha value is -5.40. The van der Waals surface area contributed by atoms with Crippen molar-refractivity contribution in [2.45, 2.75) is 25.7 Å². The lowest BCUT2D eigenvalue weighted by molar-refractivity contribution is 0.0591. The maximum absolute atomic E-state index is 12.7. The SMILES string of the molecule is CCS(=O)(=O)N(Cc1ccc(C(=O)OC)cn1)c1ccc2cnn(C)c2c1.CCS(=O)(=O)Nc1ccc2cnn(C)c2c1.COC(=O)c1ccc(CBr)nc1. The molecule has 0 aliphatic carbocycles. The number of nitrogens with one attached hydrogen (secondary N) is 1. The van der Waals surface area contributed by atoms with Gasteiger partial charge >= 0.3 is 11.9 Å². The van der Waals surface area contributed by atoms with Gasteiger partial charge in [-0.3, -0.25) is 28.4 Å². The number of halogens is 1. The molecule has 0 spiro atoms. The minimum Gasteiger partial charge on any atom is -0.465 e. The number of fused-ring (bicyclic) bond motifs is 2. The smallest absolute Gasteiger partial charge is 0.339 e. The molecule has 0 bridgehead atoms. The third-order valence-corrected chi connectivity index (χ3v) is 11.7. The first kappa shape index (κ1) is 42.3. The molecule has 0 radical (unpaired) electrons. The van der Waals surface area contributed by atoms with Gasteiger partial charge in [-0.05, 0) is 74.5 Å². The monoisotopic (exact) mass is 856 g/mol. The molecule has 1 N–H and O–H groups in total. The number of rotatable bonds is 11. The maximum atomic E-state index is 12.7. The Labute approximate surface area is 327 Å². The average Bonchev–Trinajstić information content (AvgIpc) is 3.77. The van der Waals surface area contributed by atoms with E-state index in [2.05, 4.69) is 50.3 Å². The molecule has 6 aromatic rings. The van der Waals surface area contributed by atoms with Crippen LogP contribution in [0.3, 0.4) is 0 Å². The van der Waals surface area contributed by atoms with E-state index in [9.17, 15) is 26.4 Å². The molecule has 0 unspecified atom stereocenters. The van der Waals surface area contributed by atoms with E-state index in [1.54, 1.807) is 91.2 Å². The Bertz CT molecular complexity index is 2470. The quantitative estimate of drug-likeness (QED) is 0.132. The molecule has 292 valence electrons. The number of carbonyl (C=O) groups is 2. The summed E-state index contributed by atoms with van der Waals surface area (Å²) >= 11 is 3.26. The van der Waals surface area contributed by atoms with Gasteiger partial charge in [0.05, 0.1) is 89.6 Å². The van der Waals surface area contributed by atoms with Crippen LogP contribution in [0.1, 0.15) is 46.0 Å². The molecule has 2 aromatic carbocycles. The molecule has 16 nitrogen and oxygen atoms in total. The van der Waals surface area contributed by atoms with E-state index in [0.29, 0.717) is 33.5 Å². The summed E-state index contributed by atoms with van der Waals surface area (Å²) in [5.41, 5.74) is 5.02. The van der Waals surface area contributed by atoms with Crippen LogP contribution in [-0.4, -0.2) is 84.0 Å². The number of esters is 2. The van der Waals surface area contributed by atoms with Gasteiger partial charge in [0.25, 0.3) is 0 Å². The predicted molar refractivity (Wildman–Crippen MR) is 214 cm³/mol. The zero-order valence-electron chi connectivity index (χ0n) is 31.0. The highest BCUT2D eigenvalue weighted by Crippen LogP contribution is 2.26. The number of aryl methyl sites for hydroxylation is 2. The molecule has 0 saturated carbocycles. The number of pyridine rings is 2. The number of ether oxygens (including phenoxy) is 2. The van der Waals surface area contributed by atoms with Crippen LogP contribution < -0.4 is 9.03 Å². The normalized spacial score (nSPS) is 11.2. The van der Waals surface area contributed by atoms with Crippen molar-refractivity contribution < 1.29 is 35.9 Å². The van der Waals surface area contributed by atoms with Crippen molar-refractivity contribution in [3.63, 3.8) is 0 Å². The number of methoxy groups -OCH3 is 2. The minimum absolute atomic E-state index is 0.0450. The van der Waals surface area contributed by atoms with Crippen LogP contribution in [0.15, 0.2) is 85.5 Å². The highest BCUT2D eigenvalue weighted by Gasteiger charge is 2.22. The first-order valence-electron chi connectivity index (χ1n) is 16.6. The zero-order chi connectivity index (χ0) is 40.3. The molecule has 19 heteroatoms. The van der Waals surface area contributed by atoms with E-state index in [1.807, 2.05) is 19.2 Å². The van der Waals surface area contributed by atoms with Gasteiger partial charge in [0.2, 0.25) is 20.0 Å². The van der Waals surface area contributed by atoms with Crippen molar-refractivity contribution in [3.05, 3.63) is 108 Å². The molecule has 0 saturated heterocycles. The van der Waals surface area contributed by atoms with Crippen LogP contribution in [0, 0.1) is 0 Å². The summed E-state index contributed by atoms with van der Waals surface area (Å²) in [4.78, 5) is 30.7. The van der Waals surface area contributed by atoms with Crippen LogP contribution in [0.5, 0.6) is 0 Å². The third kappa shape index (κ3) is 11.1. The second-order valence-electron chi connectivity index (χ2n) is 11.7. The Kier molecular flexibility index (Phi) is 14.4. The number of sulfonamides is 2. The lowest BCUT2D eigenvalue weighted by Gasteiger charge is -2.23. The van der Waals surface area contributed by atoms with Crippen molar-refractivity contribution in [3.8, 4) is 0 Å². The fourth-order valence-electron chi connectivity index (χ4n) is 4.90. The number of nitrogens with zero attached hydrogens (tertiary/aromatic N) is 7. The fraction of sp³-hybridized carbons (Fsp3) is 0.278. The van der Waals surface area contributed by atoms with Crippen molar-refractivity contribution in [2.24, 2.45) is 14.1 Å². The van der Waals surface area contributed by atoms with Crippen LogP contribution in [0.25, 0.3) is 21.8 Å². The lowest BCUT2D eigenvalue weighted by Crippen LogP contribution is -2.32. The van der Waals surface area contributed by atoms with Crippen molar-refractivity contribution >= 4 is 81.1 Å². The molecular weight excluding hydrogens is 816 g/mol. The predicted octanol–water partition coefficient (Wildman–Crippen LogP) is 5.21. The first-order chi connectivity index (χ1) is 26.1. The largest absolute Gasteiger partial charge is 0.465 e. The Morgan fingerprint density at radius 1 is 0.727 bits per heavy atom. The van der Waals surface area contributed by atoms with Crippen molar-refractivity contribution in [1.29, 1.82) is 0 Å². The molecule has 4 heterocycles. The van der Waals surface area contributed by atoms with Gasteiger partial charge in [-0.2, -0.15) is 10.2 Å². The number of carbonyl (C=O) groups excluding carboxylic acids is 2. The number of hydrogen-bond acceptors (Lipinski definition) is 12. The minimum atomic E-state index is -3.54. The van der Waals surface area contributed by atoms with Gasteiger partial charge in [-0.25, -0.2) is 26.4 Å². The summed E-state index contributed by atoms with van der Waals surface area (Å²) in [5, 5.41) is 10.9. The van der Waals surface area contributed by atoms with E-state index in [1.165, 1.54) is 30.9 Å². The highest BCUT2D eigenvalue weighted by molar-refractivity contribution is 9.08. The summed E-state index contributed by atoms with van der Waals surface area (Å²) in [6.45, 7) is 3.25. The molecule has 4 aromatic heterocycles. The Morgan fingerprint density at radius 2 is 1.25 bits per heavy atom. The molecule has 0 fully saturated rings. The summed E-state index contributed by atoms with van der Waals surface area (Å²) in [6, 6.07) is 17.4. The topological polar surface area (TPSA) is 198 Å². The molecule has 0 aliphatic rings. The summed E-state index contributed by atoms with van der Waals surface area (Å²) < 4.78 is 64.6. The van der Waals surface area contributed by atoms with E-state index in [-0.39, 0.29) is 24.0 Å². The Morgan fingerprint density at radius 3 is 1.73 bits per heavy atom. The van der Waals surface area contributed by atoms with Gasteiger partial charge in [0.1, 0.15) is 0 Å². The fourth-order valence-corrected chi connectivity index (χ4v) is 6.94.